The molecule has 5 aromatic carbocycles. The molecule has 216 valence electrons. The van der Waals surface area contributed by atoms with Gasteiger partial charge >= 0.3 is 0 Å². The van der Waals surface area contributed by atoms with Crippen LogP contribution in [0.3, 0.4) is 0 Å². The van der Waals surface area contributed by atoms with Crippen LogP contribution in [0.2, 0.25) is 0 Å². The van der Waals surface area contributed by atoms with Gasteiger partial charge in [-0.15, -0.1) is 23.1 Å². The maximum atomic E-state index is 6.62. The number of hydrogen-bond acceptors (Lipinski definition) is 4. The van der Waals surface area contributed by atoms with E-state index in [1.54, 1.807) is 11.8 Å². The number of aromatic nitrogens is 1. The Bertz CT molecular complexity index is 2540. The van der Waals surface area contributed by atoms with E-state index in [-0.39, 0.29) is 5.37 Å². The Morgan fingerprint density at radius 3 is 2.42 bits per heavy atom. The zero-order chi connectivity index (χ0) is 30.2. The summed E-state index contributed by atoms with van der Waals surface area (Å²) in [5, 5.41) is 11.5. The van der Waals surface area contributed by atoms with Crippen LogP contribution in [0.25, 0.3) is 64.1 Å². The van der Waals surface area contributed by atoms with Crippen LogP contribution >= 0.6 is 34.7 Å². The molecule has 0 radical (unpaired) electrons. The smallest absolute Gasteiger partial charge is 0.197 e. The van der Waals surface area contributed by atoms with Gasteiger partial charge in [0.05, 0.1) is 21.4 Å². The van der Waals surface area contributed by atoms with Crippen molar-refractivity contribution in [2.24, 2.45) is 4.99 Å². The third kappa shape index (κ3) is 3.94. The maximum Gasteiger partial charge on any atom is 0.197 e. The predicted octanol–water partition coefficient (Wildman–Crippen LogP) is 11.3. The van der Waals surface area contributed by atoms with E-state index in [9.17, 15) is 0 Å². The van der Waals surface area contributed by atoms with Crippen molar-refractivity contribution in [1.29, 1.82) is 0 Å². The van der Waals surface area contributed by atoms with Crippen molar-refractivity contribution < 1.29 is 0 Å². The minimum absolute atomic E-state index is 0.0101. The number of nitrogens with one attached hydrogen (secondary N) is 1. The highest BCUT2D eigenvalue weighted by atomic mass is 35.5. The summed E-state index contributed by atoms with van der Waals surface area (Å²) >= 11 is 10.3. The molecule has 9 rings (SSSR count). The van der Waals surface area contributed by atoms with Crippen molar-refractivity contribution >= 4 is 98.4 Å². The van der Waals surface area contributed by atoms with Crippen molar-refractivity contribution in [2.45, 2.75) is 12.3 Å². The van der Waals surface area contributed by atoms with Crippen molar-refractivity contribution in [2.75, 3.05) is 0 Å². The first-order valence-corrected chi connectivity index (χ1v) is 17.0. The molecular formula is C39H26ClN3S2. The molecule has 7 aromatic rings. The monoisotopic (exact) mass is 635 g/mol. The number of thiophene rings is 1. The van der Waals surface area contributed by atoms with E-state index < -0.39 is 0 Å². The Balaban J connectivity index is 1.39. The molecule has 1 atom stereocenters. The Hall–Kier alpha value is -4.55. The van der Waals surface area contributed by atoms with Crippen molar-refractivity contribution in [1.82, 2.24) is 9.88 Å². The second kappa shape index (κ2) is 10.2. The van der Waals surface area contributed by atoms with Crippen LogP contribution in [0.15, 0.2) is 143 Å². The molecule has 3 nitrogen and oxygen atoms in total. The quantitative estimate of drug-likeness (QED) is 0.154. The van der Waals surface area contributed by atoms with E-state index in [1.807, 2.05) is 23.5 Å². The first-order valence-electron chi connectivity index (χ1n) is 14.9. The largest absolute Gasteiger partial charge is 0.344 e. The summed E-state index contributed by atoms with van der Waals surface area (Å²) in [6.45, 7) is 6.04. The van der Waals surface area contributed by atoms with Gasteiger partial charge in [0.25, 0.3) is 0 Å². The van der Waals surface area contributed by atoms with Gasteiger partial charge in [-0.25, -0.2) is 4.99 Å². The van der Waals surface area contributed by atoms with Gasteiger partial charge in [-0.3, -0.25) is 0 Å². The summed E-state index contributed by atoms with van der Waals surface area (Å²) in [4.78, 5) is 6.12. The fourth-order valence-corrected chi connectivity index (χ4v) is 9.76. The summed E-state index contributed by atoms with van der Waals surface area (Å²) in [6, 6.07) is 35.2. The first kappa shape index (κ1) is 26.8. The molecule has 2 aliphatic heterocycles. The molecule has 0 saturated heterocycles. The van der Waals surface area contributed by atoms with E-state index in [0.717, 1.165) is 22.5 Å². The standard InChI is InChI=1S/C39H26ClN3S2/c1-3-4-14-25-22(2)44-38-34(25)35(41-39(40)42-38)23-12-11-13-24(21-23)43-30-19-9-7-17-28(30)32-26-15-5-6-16-27(26)33-29-18-8-10-20-31(29)45-37(33)36(32)43/h3-21,38H,1H2,2H3,(H,41,42)/b14-4-. The molecule has 2 aromatic heterocycles. The number of halogens is 1. The van der Waals surface area contributed by atoms with Crippen LogP contribution in [0, 0.1) is 0 Å². The Labute approximate surface area is 273 Å². The lowest BCUT2D eigenvalue weighted by molar-refractivity contribution is 0.937. The summed E-state index contributed by atoms with van der Waals surface area (Å²) < 4.78 is 5.06. The highest BCUT2D eigenvalue weighted by Gasteiger charge is 2.34. The lowest BCUT2D eigenvalue weighted by atomic mass is 9.97. The van der Waals surface area contributed by atoms with E-state index in [0.29, 0.717) is 5.29 Å². The average Bonchev–Trinajstić information content (AvgIpc) is 3.72. The molecular weight excluding hydrogens is 610 g/mol. The van der Waals surface area contributed by atoms with Gasteiger partial charge in [0, 0.05) is 43.1 Å². The van der Waals surface area contributed by atoms with Crippen LogP contribution in [-0.2, 0) is 0 Å². The first-order chi connectivity index (χ1) is 22.1. The number of benzene rings is 5. The van der Waals surface area contributed by atoms with Gasteiger partial charge in [0.2, 0.25) is 0 Å². The fraction of sp³-hybridized carbons (Fsp3) is 0.0513. The lowest BCUT2D eigenvalue weighted by Crippen LogP contribution is -2.33. The number of para-hydroxylation sites is 1. The van der Waals surface area contributed by atoms with E-state index in [1.165, 1.54) is 63.2 Å². The van der Waals surface area contributed by atoms with Crippen molar-refractivity contribution in [3.63, 3.8) is 0 Å². The number of rotatable bonds is 4. The van der Waals surface area contributed by atoms with Gasteiger partial charge in [0.1, 0.15) is 5.37 Å². The number of nitrogens with zero attached hydrogens (tertiary/aromatic N) is 2. The predicted molar refractivity (Wildman–Crippen MR) is 198 cm³/mol. The minimum Gasteiger partial charge on any atom is -0.344 e. The summed E-state index contributed by atoms with van der Waals surface area (Å²) in [5.41, 5.74) is 7.77. The molecule has 0 fully saturated rings. The Morgan fingerprint density at radius 2 is 1.60 bits per heavy atom. The topological polar surface area (TPSA) is 29.3 Å². The maximum absolute atomic E-state index is 6.62. The number of aliphatic imine (C=N–C) groups is 1. The zero-order valence-electron chi connectivity index (χ0n) is 24.3. The molecule has 6 heteroatoms. The molecule has 0 bridgehead atoms. The molecule has 0 spiro atoms. The van der Waals surface area contributed by atoms with Crippen LogP contribution < -0.4 is 5.32 Å². The summed E-state index contributed by atoms with van der Waals surface area (Å²) in [7, 11) is 0. The number of fused-ring (bicyclic) bond motifs is 11. The average molecular weight is 636 g/mol. The van der Waals surface area contributed by atoms with Crippen molar-refractivity contribution in [3.8, 4) is 5.69 Å². The fourth-order valence-electron chi connectivity index (χ4n) is 7.06. The van der Waals surface area contributed by atoms with E-state index in [2.05, 4.69) is 127 Å². The zero-order valence-corrected chi connectivity index (χ0v) is 26.7. The second-order valence-electron chi connectivity index (χ2n) is 11.3. The number of thioether (sulfide) groups is 1. The third-order valence-corrected chi connectivity index (χ3v) is 11.4. The van der Waals surface area contributed by atoms with E-state index in [4.69, 9.17) is 16.6 Å². The molecule has 4 heterocycles. The Kier molecular flexibility index (Phi) is 6.11. The van der Waals surface area contributed by atoms with Gasteiger partial charge in [0.15, 0.2) is 5.29 Å². The molecule has 0 aliphatic carbocycles. The second-order valence-corrected chi connectivity index (χ2v) is 14.1. The third-order valence-electron chi connectivity index (χ3n) is 8.87. The van der Waals surface area contributed by atoms with Crippen LogP contribution in [-0.4, -0.2) is 15.2 Å². The molecule has 1 N–H and O–H groups in total. The molecule has 45 heavy (non-hydrogen) atoms. The number of allylic oxidation sites excluding steroid dienone is 4. The van der Waals surface area contributed by atoms with Crippen molar-refractivity contribution in [3.05, 3.63) is 143 Å². The molecule has 1 unspecified atom stereocenters. The summed E-state index contributed by atoms with van der Waals surface area (Å²) in [5.74, 6) is 0. The normalized spacial score (nSPS) is 16.9. The SMILES string of the molecule is C=C/C=C\C1=C(C)SC2NC(Cl)=NC(c3cccc(-n4c5ccccc5c5c6ccccc6c6c7ccccc7sc6c54)c3)=C12. The van der Waals surface area contributed by atoms with Gasteiger partial charge < -0.3 is 9.88 Å². The van der Waals surface area contributed by atoms with Crippen LogP contribution in [0.5, 0.6) is 0 Å². The van der Waals surface area contributed by atoms with E-state index >= 15 is 0 Å². The molecule has 0 saturated carbocycles. The lowest BCUT2D eigenvalue weighted by Gasteiger charge is -2.23. The number of amidine groups is 1. The highest BCUT2D eigenvalue weighted by molar-refractivity contribution is 8.04. The molecule has 2 aliphatic rings. The number of hydrogen-bond donors (Lipinski definition) is 1. The van der Waals surface area contributed by atoms with Gasteiger partial charge in [-0.2, -0.15) is 0 Å². The van der Waals surface area contributed by atoms with Gasteiger partial charge in [-0.1, -0.05) is 97.6 Å². The van der Waals surface area contributed by atoms with Crippen LogP contribution in [0.1, 0.15) is 12.5 Å². The van der Waals surface area contributed by atoms with Crippen LogP contribution in [0.4, 0.5) is 0 Å². The van der Waals surface area contributed by atoms with Gasteiger partial charge in [-0.05, 0) is 64.0 Å². The summed E-state index contributed by atoms with van der Waals surface area (Å²) in [6.07, 6.45) is 5.93. The Morgan fingerprint density at radius 1 is 0.867 bits per heavy atom. The highest BCUT2D eigenvalue weighted by Crippen LogP contribution is 2.49. The molecule has 0 amide bonds. The minimum atomic E-state index is 0.0101.